The summed E-state index contributed by atoms with van der Waals surface area (Å²) in [5.41, 5.74) is 0.742. The average molecular weight is 236 g/mol. The van der Waals surface area contributed by atoms with Gasteiger partial charge in [0, 0.05) is 24.7 Å². The molecule has 3 aliphatic rings. The van der Waals surface area contributed by atoms with E-state index in [0.29, 0.717) is 0 Å². The Kier molecular flexibility index (Phi) is 3.20. The second kappa shape index (κ2) is 4.55. The molecule has 1 N–H and O–H groups in total. The average Bonchev–Trinajstić information content (AvgIpc) is 3.05. The van der Waals surface area contributed by atoms with Gasteiger partial charge in [-0.05, 0) is 56.9 Å². The number of nitrogens with zero attached hydrogens (tertiary/aromatic N) is 1. The van der Waals surface area contributed by atoms with E-state index in [1.165, 1.54) is 51.5 Å². The zero-order valence-electron chi connectivity index (χ0n) is 11.5. The van der Waals surface area contributed by atoms with Crippen molar-refractivity contribution in [2.24, 2.45) is 5.41 Å². The predicted octanol–water partition coefficient (Wildman–Crippen LogP) is 2.78. The molecule has 0 aromatic rings. The topological polar surface area (TPSA) is 15.3 Å². The maximum absolute atomic E-state index is 3.67. The molecule has 2 heterocycles. The zero-order chi connectivity index (χ0) is 11.9. The third-order valence-corrected chi connectivity index (χ3v) is 5.60. The van der Waals surface area contributed by atoms with Gasteiger partial charge >= 0.3 is 0 Å². The Morgan fingerprint density at radius 3 is 2.24 bits per heavy atom. The highest BCUT2D eigenvalue weighted by Gasteiger charge is 2.48. The van der Waals surface area contributed by atoms with E-state index in [1.807, 2.05) is 0 Å². The van der Waals surface area contributed by atoms with Crippen LogP contribution in [0.3, 0.4) is 0 Å². The van der Waals surface area contributed by atoms with Gasteiger partial charge in [0.15, 0.2) is 0 Å². The number of nitrogens with one attached hydrogen (secondary N) is 1. The number of piperidine rings is 1. The minimum atomic E-state index is 0.742. The molecule has 1 saturated carbocycles. The van der Waals surface area contributed by atoms with Gasteiger partial charge in [-0.25, -0.2) is 0 Å². The standard InChI is InChI=1S/C15H28N2/c1-3-15(7-8-15)11-17-13-5-6-14(17)10-12(9-13)16-4-2/h12-14,16H,3-11H2,1-2H3. The highest BCUT2D eigenvalue weighted by Crippen LogP contribution is 2.51. The van der Waals surface area contributed by atoms with E-state index in [4.69, 9.17) is 0 Å². The molecule has 2 bridgehead atoms. The lowest BCUT2D eigenvalue weighted by molar-refractivity contribution is 0.0912. The van der Waals surface area contributed by atoms with E-state index in [9.17, 15) is 0 Å². The van der Waals surface area contributed by atoms with E-state index in [0.717, 1.165) is 30.1 Å². The highest BCUT2D eigenvalue weighted by atomic mass is 15.2. The monoisotopic (exact) mass is 236 g/mol. The van der Waals surface area contributed by atoms with Gasteiger partial charge in [-0.1, -0.05) is 13.8 Å². The summed E-state index contributed by atoms with van der Waals surface area (Å²) in [5, 5.41) is 3.67. The quantitative estimate of drug-likeness (QED) is 0.789. The predicted molar refractivity (Wildman–Crippen MR) is 72.2 cm³/mol. The summed E-state index contributed by atoms with van der Waals surface area (Å²) in [6.45, 7) is 7.19. The second-order valence-corrected chi connectivity index (χ2v) is 6.64. The maximum atomic E-state index is 3.67. The van der Waals surface area contributed by atoms with E-state index < -0.39 is 0 Å². The van der Waals surface area contributed by atoms with E-state index in [2.05, 4.69) is 24.1 Å². The van der Waals surface area contributed by atoms with Crippen molar-refractivity contribution in [2.75, 3.05) is 13.1 Å². The van der Waals surface area contributed by atoms with Crippen molar-refractivity contribution >= 4 is 0 Å². The minimum absolute atomic E-state index is 0.742. The van der Waals surface area contributed by atoms with Crippen LogP contribution in [0.25, 0.3) is 0 Å². The Hall–Kier alpha value is -0.0800. The SMILES string of the molecule is CCNC1CC2CCC(C1)N2CC1(CC)CC1. The minimum Gasteiger partial charge on any atom is -0.314 e. The number of hydrogen-bond donors (Lipinski definition) is 1. The second-order valence-electron chi connectivity index (χ2n) is 6.64. The van der Waals surface area contributed by atoms with Gasteiger partial charge in [0.1, 0.15) is 0 Å². The Labute approximate surface area is 106 Å². The van der Waals surface area contributed by atoms with Crippen molar-refractivity contribution in [3.63, 3.8) is 0 Å². The molecular weight excluding hydrogens is 208 g/mol. The van der Waals surface area contributed by atoms with Crippen LogP contribution in [0.5, 0.6) is 0 Å². The van der Waals surface area contributed by atoms with E-state index >= 15 is 0 Å². The summed E-state index contributed by atoms with van der Waals surface area (Å²) < 4.78 is 0. The molecule has 0 aromatic carbocycles. The molecule has 17 heavy (non-hydrogen) atoms. The van der Waals surface area contributed by atoms with Crippen molar-refractivity contribution in [3.8, 4) is 0 Å². The molecule has 2 heteroatoms. The molecule has 0 radical (unpaired) electrons. The van der Waals surface area contributed by atoms with Gasteiger partial charge in [-0.2, -0.15) is 0 Å². The summed E-state index contributed by atoms with van der Waals surface area (Å²) in [5.74, 6) is 0. The first kappa shape index (κ1) is 12.0. The summed E-state index contributed by atoms with van der Waals surface area (Å²) in [6, 6.07) is 2.62. The smallest absolute Gasteiger partial charge is 0.0114 e. The fourth-order valence-electron chi connectivity index (χ4n) is 4.18. The van der Waals surface area contributed by atoms with Crippen LogP contribution in [0, 0.1) is 5.41 Å². The Morgan fingerprint density at radius 1 is 1.12 bits per heavy atom. The molecule has 3 fully saturated rings. The Morgan fingerprint density at radius 2 is 1.76 bits per heavy atom. The maximum Gasteiger partial charge on any atom is 0.0114 e. The number of rotatable bonds is 5. The molecule has 2 saturated heterocycles. The van der Waals surface area contributed by atoms with Crippen LogP contribution in [0.15, 0.2) is 0 Å². The highest BCUT2D eigenvalue weighted by molar-refractivity contribution is 5.03. The molecule has 2 unspecified atom stereocenters. The normalized spacial score (nSPS) is 39.5. The van der Waals surface area contributed by atoms with E-state index in [-0.39, 0.29) is 0 Å². The first-order valence-corrected chi connectivity index (χ1v) is 7.75. The fraction of sp³-hybridized carbons (Fsp3) is 1.00. The van der Waals surface area contributed by atoms with Gasteiger partial charge in [0.05, 0.1) is 0 Å². The third-order valence-electron chi connectivity index (χ3n) is 5.60. The molecule has 2 atom stereocenters. The number of hydrogen-bond acceptors (Lipinski definition) is 2. The summed E-state index contributed by atoms with van der Waals surface area (Å²) in [7, 11) is 0. The largest absolute Gasteiger partial charge is 0.314 e. The molecule has 0 spiro atoms. The summed E-state index contributed by atoms with van der Waals surface area (Å²) >= 11 is 0. The van der Waals surface area contributed by atoms with Crippen LogP contribution in [-0.2, 0) is 0 Å². The van der Waals surface area contributed by atoms with Crippen molar-refractivity contribution < 1.29 is 0 Å². The van der Waals surface area contributed by atoms with Crippen molar-refractivity contribution in [3.05, 3.63) is 0 Å². The molecule has 0 aromatic heterocycles. The van der Waals surface area contributed by atoms with Crippen LogP contribution >= 0.6 is 0 Å². The molecule has 0 amide bonds. The lowest BCUT2D eigenvalue weighted by atomic mass is 9.94. The fourth-order valence-corrected chi connectivity index (χ4v) is 4.18. The molecule has 1 aliphatic carbocycles. The van der Waals surface area contributed by atoms with Crippen molar-refractivity contribution in [1.82, 2.24) is 10.2 Å². The summed E-state index contributed by atoms with van der Waals surface area (Å²) in [6.07, 6.45) is 10.1. The zero-order valence-corrected chi connectivity index (χ0v) is 11.5. The van der Waals surface area contributed by atoms with Crippen LogP contribution in [-0.4, -0.2) is 36.1 Å². The van der Waals surface area contributed by atoms with Gasteiger partial charge in [-0.15, -0.1) is 0 Å². The Balaban J connectivity index is 1.61. The van der Waals surface area contributed by atoms with Crippen molar-refractivity contribution in [1.29, 1.82) is 0 Å². The molecular formula is C15H28N2. The van der Waals surface area contributed by atoms with Crippen molar-refractivity contribution in [2.45, 2.75) is 76.9 Å². The van der Waals surface area contributed by atoms with Gasteiger partial charge in [-0.3, -0.25) is 4.90 Å². The van der Waals surface area contributed by atoms with Gasteiger partial charge < -0.3 is 5.32 Å². The first-order valence-electron chi connectivity index (χ1n) is 7.75. The van der Waals surface area contributed by atoms with Crippen LogP contribution in [0.4, 0.5) is 0 Å². The Bertz CT molecular complexity index is 258. The molecule has 98 valence electrons. The van der Waals surface area contributed by atoms with Crippen LogP contribution < -0.4 is 5.32 Å². The lowest BCUT2D eigenvalue weighted by Crippen LogP contribution is -2.50. The lowest BCUT2D eigenvalue weighted by Gasteiger charge is -2.41. The first-order chi connectivity index (χ1) is 8.26. The van der Waals surface area contributed by atoms with E-state index in [1.54, 1.807) is 0 Å². The molecule has 2 aliphatic heterocycles. The van der Waals surface area contributed by atoms with Crippen LogP contribution in [0.1, 0.15) is 58.8 Å². The van der Waals surface area contributed by atoms with Gasteiger partial charge in [0.2, 0.25) is 0 Å². The third kappa shape index (κ3) is 2.26. The van der Waals surface area contributed by atoms with Gasteiger partial charge in [0.25, 0.3) is 0 Å². The molecule has 3 rings (SSSR count). The van der Waals surface area contributed by atoms with Crippen LogP contribution in [0.2, 0.25) is 0 Å². The number of fused-ring (bicyclic) bond motifs is 2. The summed E-state index contributed by atoms with van der Waals surface area (Å²) in [4.78, 5) is 2.89. The molecule has 2 nitrogen and oxygen atoms in total.